The summed E-state index contributed by atoms with van der Waals surface area (Å²) in [5, 5.41) is 12.7. The molecule has 7 nitrogen and oxygen atoms in total. The van der Waals surface area contributed by atoms with Crippen LogP contribution < -0.4 is 4.90 Å². The summed E-state index contributed by atoms with van der Waals surface area (Å²) in [4.78, 5) is 49.8. The molecule has 0 aliphatic carbocycles. The van der Waals surface area contributed by atoms with Gasteiger partial charge in [-0.05, 0) is 40.5 Å². The molecule has 0 saturated carbocycles. The first-order chi connectivity index (χ1) is 23.5. The number of anilines is 1. The van der Waals surface area contributed by atoms with Gasteiger partial charge in [-0.3, -0.25) is 14.4 Å². The minimum Gasteiger partial charge on any atom is -0.394 e. The molecule has 8 heteroatoms. The Hall–Kier alpha value is -4.66. The zero-order valence-electron chi connectivity index (χ0n) is 26.5. The lowest BCUT2D eigenvalue weighted by atomic mass is 9.78. The SMILES string of the molecule is O=C1[C@@H]2[C@H](C=CCN1Cc1ccccc1)S[C@]13C=CCN(c4ccc5ccccc5c4)C(=O)C1N([C@@H](CO)Cc1ccccc1)C(=O)[C@H]23. The Morgan fingerprint density at radius 1 is 0.771 bits per heavy atom. The maximum Gasteiger partial charge on any atom is 0.251 e. The Morgan fingerprint density at radius 3 is 2.23 bits per heavy atom. The van der Waals surface area contributed by atoms with Gasteiger partial charge in [0, 0.05) is 30.6 Å². The molecule has 242 valence electrons. The molecule has 1 unspecified atom stereocenters. The highest BCUT2D eigenvalue weighted by molar-refractivity contribution is 8.02. The van der Waals surface area contributed by atoms with Crippen molar-refractivity contribution in [3.63, 3.8) is 0 Å². The van der Waals surface area contributed by atoms with Gasteiger partial charge in [-0.15, -0.1) is 11.8 Å². The first-order valence-electron chi connectivity index (χ1n) is 16.6. The normalized spacial score (nSPS) is 27.1. The number of aliphatic hydroxyl groups is 1. The zero-order valence-corrected chi connectivity index (χ0v) is 27.3. The van der Waals surface area contributed by atoms with Crippen LogP contribution in [0.1, 0.15) is 11.1 Å². The van der Waals surface area contributed by atoms with Gasteiger partial charge in [0.15, 0.2) is 0 Å². The van der Waals surface area contributed by atoms with Gasteiger partial charge in [-0.2, -0.15) is 0 Å². The van der Waals surface area contributed by atoms with Gasteiger partial charge in [0.25, 0.3) is 5.91 Å². The molecule has 8 rings (SSSR count). The number of benzene rings is 4. The number of aliphatic hydroxyl groups excluding tert-OH is 1. The third kappa shape index (κ3) is 5.06. The molecular formula is C40H37N3O4S. The summed E-state index contributed by atoms with van der Waals surface area (Å²) in [7, 11) is 0. The maximum atomic E-state index is 15.1. The molecule has 48 heavy (non-hydrogen) atoms. The highest BCUT2D eigenvalue weighted by Gasteiger charge is 2.71. The fraction of sp³-hybridized carbons (Fsp3) is 0.275. The van der Waals surface area contributed by atoms with Crippen molar-refractivity contribution in [3.05, 3.63) is 139 Å². The third-order valence-corrected chi connectivity index (χ3v) is 12.1. The van der Waals surface area contributed by atoms with Crippen molar-refractivity contribution >= 4 is 45.9 Å². The van der Waals surface area contributed by atoms with E-state index in [1.807, 2.05) is 126 Å². The number of amides is 3. The van der Waals surface area contributed by atoms with E-state index >= 15 is 4.79 Å². The summed E-state index contributed by atoms with van der Waals surface area (Å²) in [5.74, 6) is -1.90. The lowest BCUT2D eigenvalue weighted by Gasteiger charge is -2.38. The molecule has 4 aliphatic heterocycles. The standard InChI is InChI=1S/C40H37N3O4S/c44-26-32(23-27-11-3-1-4-12-27)43-36-39(47)42(31-19-18-29-15-7-8-16-30(29)24-31)22-10-20-40(36)35(38(43)46)34-33(48-40)17-9-21-41(37(34)45)25-28-13-5-2-6-14-28/h1-20,24,32-36,44H,21-23,25-26H2/t32-,33+,34-,35+,36?,40+/m1/s1. The van der Waals surface area contributed by atoms with Gasteiger partial charge in [0.2, 0.25) is 11.8 Å². The number of fused-ring (bicyclic) bond motifs is 3. The first kappa shape index (κ1) is 30.7. The molecule has 2 saturated heterocycles. The molecule has 4 aliphatic rings. The van der Waals surface area contributed by atoms with E-state index in [1.165, 1.54) is 0 Å². The number of rotatable bonds is 7. The largest absolute Gasteiger partial charge is 0.394 e. The van der Waals surface area contributed by atoms with Crippen LogP contribution in [-0.4, -0.2) is 74.4 Å². The lowest BCUT2D eigenvalue weighted by molar-refractivity contribution is -0.144. The van der Waals surface area contributed by atoms with Crippen molar-refractivity contribution in [2.24, 2.45) is 11.8 Å². The number of carbonyl (C=O) groups is 3. The molecule has 1 spiro atoms. The van der Waals surface area contributed by atoms with E-state index in [2.05, 4.69) is 6.08 Å². The summed E-state index contributed by atoms with van der Waals surface area (Å²) < 4.78 is -0.977. The van der Waals surface area contributed by atoms with Gasteiger partial charge >= 0.3 is 0 Å². The second-order valence-electron chi connectivity index (χ2n) is 13.1. The van der Waals surface area contributed by atoms with Crippen LogP contribution in [0.2, 0.25) is 0 Å². The Bertz CT molecular complexity index is 1930. The van der Waals surface area contributed by atoms with Gasteiger partial charge in [-0.1, -0.05) is 115 Å². The Kier molecular flexibility index (Phi) is 7.93. The number of thioether (sulfide) groups is 1. The van der Waals surface area contributed by atoms with Crippen LogP contribution in [0, 0.1) is 11.8 Å². The van der Waals surface area contributed by atoms with E-state index in [0.29, 0.717) is 26.1 Å². The first-order valence-corrected chi connectivity index (χ1v) is 17.5. The molecular weight excluding hydrogens is 619 g/mol. The van der Waals surface area contributed by atoms with Crippen molar-refractivity contribution in [2.45, 2.75) is 35.0 Å². The van der Waals surface area contributed by atoms with Crippen LogP contribution in [0.25, 0.3) is 10.8 Å². The minimum atomic E-state index is -0.977. The van der Waals surface area contributed by atoms with Crippen molar-refractivity contribution < 1.29 is 19.5 Å². The van der Waals surface area contributed by atoms with Crippen LogP contribution >= 0.6 is 11.8 Å². The van der Waals surface area contributed by atoms with Crippen molar-refractivity contribution in [2.75, 3.05) is 24.6 Å². The van der Waals surface area contributed by atoms with Crippen molar-refractivity contribution in [1.29, 1.82) is 0 Å². The number of likely N-dealkylation sites (tertiary alicyclic amines) is 1. The van der Waals surface area contributed by atoms with Crippen LogP contribution in [0.15, 0.2) is 127 Å². The van der Waals surface area contributed by atoms with E-state index in [4.69, 9.17) is 0 Å². The zero-order chi connectivity index (χ0) is 32.8. The van der Waals surface area contributed by atoms with Crippen LogP contribution in [0.4, 0.5) is 5.69 Å². The van der Waals surface area contributed by atoms with Crippen LogP contribution in [0.5, 0.6) is 0 Å². The topological polar surface area (TPSA) is 81.2 Å². The molecule has 4 aromatic carbocycles. The number of nitrogens with zero attached hydrogens (tertiary/aromatic N) is 3. The number of hydrogen-bond donors (Lipinski definition) is 1. The quantitative estimate of drug-likeness (QED) is 0.276. The molecule has 4 aromatic rings. The van der Waals surface area contributed by atoms with Crippen molar-refractivity contribution in [3.8, 4) is 0 Å². The summed E-state index contributed by atoms with van der Waals surface area (Å²) in [6.45, 7) is 0.934. The van der Waals surface area contributed by atoms with Gasteiger partial charge in [-0.25, -0.2) is 0 Å². The molecule has 4 heterocycles. The summed E-state index contributed by atoms with van der Waals surface area (Å²) in [6, 6.07) is 32.1. The molecule has 6 atom stereocenters. The molecule has 0 bridgehead atoms. The summed E-state index contributed by atoms with van der Waals surface area (Å²) >= 11 is 1.57. The van der Waals surface area contributed by atoms with Gasteiger partial charge in [0.1, 0.15) is 6.04 Å². The molecule has 0 aromatic heterocycles. The lowest BCUT2D eigenvalue weighted by Crippen LogP contribution is -2.57. The van der Waals surface area contributed by atoms with Crippen molar-refractivity contribution in [1.82, 2.24) is 9.80 Å². The molecule has 0 radical (unpaired) electrons. The summed E-state index contributed by atoms with van der Waals surface area (Å²) in [6.07, 6.45) is 8.52. The minimum absolute atomic E-state index is 0.0720. The van der Waals surface area contributed by atoms with Crippen LogP contribution in [0.3, 0.4) is 0 Å². The second-order valence-corrected chi connectivity index (χ2v) is 14.6. The third-order valence-electron chi connectivity index (χ3n) is 10.4. The molecule has 3 amide bonds. The van der Waals surface area contributed by atoms with E-state index in [1.54, 1.807) is 21.6 Å². The average molecular weight is 656 g/mol. The molecule has 2 fully saturated rings. The fourth-order valence-corrected chi connectivity index (χ4v) is 10.2. The fourth-order valence-electron chi connectivity index (χ4n) is 8.18. The number of carbonyl (C=O) groups excluding carboxylic acids is 3. The Balaban J connectivity index is 1.22. The van der Waals surface area contributed by atoms with Crippen LogP contribution in [-0.2, 0) is 27.3 Å². The Labute approximate surface area is 284 Å². The van der Waals surface area contributed by atoms with E-state index in [0.717, 1.165) is 27.6 Å². The monoisotopic (exact) mass is 655 g/mol. The maximum absolute atomic E-state index is 15.1. The average Bonchev–Trinajstić information content (AvgIpc) is 3.44. The number of hydrogen-bond acceptors (Lipinski definition) is 5. The van der Waals surface area contributed by atoms with E-state index in [9.17, 15) is 14.7 Å². The van der Waals surface area contributed by atoms with Gasteiger partial charge < -0.3 is 19.8 Å². The highest BCUT2D eigenvalue weighted by Crippen LogP contribution is 2.61. The predicted molar refractivity (Wildman–Crippen MR) is 189 cm³/mol. The molecule has 1 N–H and O–H groups in total. The summed E-state index contributed by atoms with van der Waals surface area (Å²) in [5.41, 5.74) is 2.74. The predicted octanol–water partition coefficient (Wildman–Crippen LogP) is 5.24. The van der Waals surface area contributed by atoms with E-state index in [-0.39, 0.29) is 29.6 Å². The smallest absolute Gasteiger partial charge is 0.251 e. The second kappa shape index (κ2) is 12.4. The Morgan fingerprint density at radius 2 is 1.48 bits per heavy atom. The van der Waals surface area contributed by atoms with Gasteiger partial charge in [0.05, 0.1) is 29.2 Å². The highest BCUT2D eigenvalue weighted by atomic mass is 32.2. The van der Waals surface area contributed by atoms with E-state index < -0.39 is 28.7 Å².